The number of rotatable bonds is 14. The Hall–Kier alpha value is -0.700. The van der Waals surface area contributed by atoms with Gasteiger partial charge in [-0.05, 0) is 43.3 Å². The highest BCUT2D eigenvalue weighted by Gasteiger charge is 1.95. The van der Waals surface area contributed by atoms with Crippen molar-refractivity contribution in [2.75, 3.05) is 5.75 Å². The number of hydrogen-bond donors (Lipinski definition) is 1. The van der Waals surface area contributed by atoms with E-state index in [0.29, 0.717) is 6.42 Å². The van der Waals surface area contributed by atoms with Crippen molar-refractivity contribution >= 4 is 17.7 Å². The molecule has 0 aliphatic rings. The van der Waals surface area contributed by atoms with Crippen LogP contribution in [0.2, 0.25) is 0 Å². The van der Waals surface area contributed by atoms with Crippen molar-refractivity contribution in [1.29, 1.82) is 0 Å². The summed E-state index contributed by atoms with van der Waals surface area (Å²) < 4.78 is 0. The summed E-state index contributed by atoms with van der Waals surface area (Å²) in [5, 5.41) is 10.7. The molecule has 0 fully saturated rings. The van der Waals surface area contributed by atoms with E-state index in [1.807, 2.05) is 11.8 Å². The molecule has 0 bridgehead atoms. The smallest absolute Gasteiger partial charge is 0.303 e. The van der Waals surface area contributed by atoms with Crippen LogP contribution in [-0.4, -0.2) is 16.8 Å². The Morgan fingerprint density at radius 3 is 2.50 bits per heavy atom. The largest absolute Gasteiger partial charge is 0.481 e. The van der Waals surface area contributed by atoms with Crippen LogP contribution in [0.4, 0.5) is 0 Å². The van der Waals surface area contributed by atoms with E-state index in [0.717, 1.165) is 32.1 Å². The molecule has 20 heavy (non-hydrogen) atoms. The number of carbonyl (C=O) groups is 1. The maximum atomic E-state index is 10.3. The molecule has 3 heteroatoms. The van der Waals surface area contributed by atoms with Crippen molar-refractivity contribution in [3.63, 3.8) is 0 Å². The first-order valence-corrected chi connectivity index (χ1v) is 8.95. The summed E-state index contributed by atoms with van der Waals surface area (Å²) in [7, 11) is 0. The summed E-state index contributed by atoms with van der Waals surface area (Å²) in [4.78, 5) is 10.3. The van der Waals surface area contributed by atoms with Crippen LogP contribution in [0.5, 0.6) is 0 Å². The number of allylic oxidation sites excluding steroid dienone is 3. The van der Waals surface area contributed by atoms with Crippen molar-refractivity contribution < 1.29 is 9.90 Å². The fourth-order valence-electron chi connectivity index (χ4n) is 1.78. The maximum absolute atomic E-state index is 10.3. The molecule has 0 spiro atoms. The third kappa shape index (κ3) is 17.3. The van der Waals surface area contributed by atoms with Crippen LogP contribution in [0.3, 0.4) is 0 Å². The van der Waals surface area contributed by atoms with E-state index in [1.165, 1.54) is 31.4 Å². The standard InChI is InChI=1S/C17H30O2S/c1-2-3-15-20-16-13-11-9-7-5-4-6-8-10-12-14-17(18)19/h7,9,13,16H,2-6,8,10-12,14-15H2,1H3,(H,18,19). The van der Waals surface area contributed by atoms with E-state index in [1.54, 1.807) is 0 Å². The van der Waals surface area contributed by atoms with Crippen molar-refractivity contribution in [2.45, 2.75) is 71.1 Å². The van der Waals surface area contributed by atoms with Gasteiger partial charge in [-0.2, -0.15) is 0 Å². The molecule has 0 heterocycles. The number of carboxylic acid groups (broad SMARTS) is 1. The van der Waals surface area contributed by atoms with Gasteiger partial charge in [-0.15, -0.1) is 11.8 Å². The van der Waals surface area contributed by atoms with Crippen LogP contribution in [0.15, 0.2) is 23.6 Å². The van der Waals surface area contributed by atoms with Gasteiger partial charge < -0.3 is 5.11 Å². The topological polar surface area (TPSA) is 37.3 Å². The van der Waals surface area contributed by atoms with E-state index < -0.39 is 5.97 Å². The van der Waals surface area contributed by atoms with Gasteiger partial charge in [-0.3, -0.25) is 4.79 Å². The van der Waals surface area contributed by atoms with Gasteiger partial charge in [0.25, 0.3) is 0 Å². The van der Waals surface area contributed by atoms with Crippen LogP contribution < -0.4 is 0 Å². The molecule has 0 aromatic rings. The van der Waals surface area contributed by atoms with Crippen LogP contribution in [-0.2, 0) is 4.79 Å². The Labute approximate surface area is 128 Å². The molecule has 0 amide bonds. The molecule has 0 aliphatic carbocycles. The lowest BCUT2D eigenvalue weighted by molar-refractivity contribution is -0.137. The molecule has 0 unspecified atom stereocenters. The first-order chi connectivity index (χ1) is 9.77. The Morgan fingerprint density at radius 1 is 1.00 bits per heavy atom. The third-order valence-corrected chi connectivity index (χ3v) is 3.92. The van der Waals surface area contributed by atoms with Gasteiger partial charge >= 0.3 is 5.97 Å². The third-order valence-electron chi connectivity index (χ3n) is 3.01. The monoisotopic (exact) mass is 298 g/mol. The molecule has 1 N–H and O–H groups in total. The lowest BCUT2D eigenvalue weighted by Gasteiger charge is -1.98. The predicted molar refractivity (Wildman–Crippen MR) is 90.2 cm³/mol. The van der Waals surface area contributed by atoms with Crippen LogP contribution in [0.1, 0.15) is 71.1 Å². The summed E-state index contributed by atoms with van der Waals surface area (Å²) >= 11 is 1.90. The SMILES string of the molecule is CCCCSC=CCC=CCCCCCCCC(=O)O. The highest BCUT2D eigenvalue weighted by atomic mass is 32.2. The van der Waals surface area contributed by atoms with Gasteiger partial charge in [0.15, 0.2) is 0 Å². The first-order valence-electron chi connectivity index (χ1n) is 7.90. The lowest BCUT2D eigenvalue weighted by Crippen LogP contribution is -1.93. The van der Waals surface area contributed by atoms with Crippen LogP contribution in [0, 0.1) is 0 Å². The molecule has 0 saturated carbocycles. The van der Waals surface area contributed by atoms with E-state index in [9.17, 15) is 4.79 Å². The van der Waals surface area contributed by atoms with Gasteiger partial charge in [-0.1, -0.05) is 50.8 Å². The van der Waals surface area contributed by atoms with Gasteiger partial charge in [-0.25, -0.2) is 0 Å². The molecule has 0 rings (SSSR count). The Bertz CT molecular complexity index is 272. The second-order valence-corrected chi connectivity index (χ2v) is 6.02. The summed E-state index contributed by atoms with van der Waals surface area (Å²) in [5.41, 5.74) is 0. The molecule has 0 radical (unpaired) electrons. The number of aliphatic carboxylic acids is 1. The second-order valence-electron chi connectivity index (χ2n) is 5.00. The summed E-state index contributed by atoms with van der Waals surface area (Å²) in [6.07, 6.45) is 17.3. The average molecular weight is 298 g/mol. The summed E-state index contributed by atoms with van der Waals surface area (Å²) in [5.74, 6) is 0.562. The lowest BCUT2D eigenvalue weighted by atomic mass is 10.1. The number of unbranched alkanes of at least 4 members (excludes halogenated alkanes) is 6. The summed E-state index contributed by atoms with van der Waals surface area (Å²) in [6.45, 7) is 2.22. The fraction of sp³-hybridized carbons (Fsp3) is 0.706. The second kappa shape index (κ2) is 16.4. The molecular formula is C17H30O2S. The zero-order valence-corrected chi connectivity index (χ0v) is 13.7. The molecular weight excluding hydrogens is 268 g/mol. The molecule has 0 atom stereocenters. The van der Waals surface area contributed by atoms with Crippen molar-refractivity contribution in [3.05, 3.63) is 23.6 Å². The van der Waals surface area contributed by atoms with E-state index >= 15 is 0 Å². The zero-order chi connectivity index (χ0) is 14.9. The van der Waals surface area contributed by atoms with Gasteiger partial charge in [0.2, 0.25) is 0 Å². The van der Waals surface area contributed by atoms with E-state index in [2.05, 4.69) is 30.6 Å². The zero-order valence-electron chi connectivity index (χ0n) is 12.9. The van der Waals surface area contributed by atoms with Crippen molar-refractivity contribution in [2.24, 2.45) is 0 Å². The van der Waals surface area contributed by atoms with Gasteiger partial charge in [0, 0.05) is 6.42 Å². The minimum absolute atomic E-state index is 0.322. The van der Waals surface area contributed by atoms with E-state index in [4.69, 9.17) is 5.11 Å². The van der Waals surface area contributed by atoms with Gasteiger partial charge in [0.1, 0.15) is 0 Å². The molecule has 116 valence electrons. The Kier molecular flexibility index (Phi) is 15.8. The summed E-state index contributed by atoms with van der Waals surface area (Å²) in [6, 6.07) is 0. The minimum atomic E-state index is -0.672. The quantitative estimate of drug-likeness (QED) is 0.325. The molecule has 2 nitrogen and oxygen atoms in total. The predicted octanol–water partition coefficient (Wildman–Crippen LogP) is 5.80. The minimum Gasteiger partial charge on any atom is -0.481 e. The molecule has 0 aromatic heterocycles. The van der Waals surface area contributed by atoms with Crippen LogP contribution in [0.25, 0.3) is 0 Å². The van der Waals surface area contributed by atoms with Crippen molar-refractivity contribution in [1.82, 2.24) is 0 Å². The first kappa shape index (κ1) is 19.3. The Balaban J connectivity index is 3.17. The highest BCUT2D eigenvalue weighted by Crippen LogP contribution is 2.09. The Morgan fingerprint density at radius 2 is 1.75 bits per heavy atom. The molecule has 0 aromatic carbocycles. The average Bonchev–Trinajstić information content (AvgIpc) is 2.43. The fourth-order valence-corrected chi connectivity index (χ4v) is 2.62. The highest BCUT2D eigenvalue weighted by molar-refractivity contribution is 8.02. The van der Waals surface area contributed by atoms with E-state index in [-0.39, 0.29) is 0 Å². The number of carboxylic acids is 1. The number of thioether (sulfide) groups is 1. The van der Waals surface area contributed by atoms with Crippen LogP contribution >= 0.6 is 11.8 Å². The molecule has 0 saturated heterocycles. The molecule has 0 aliphatic heterocycles. The maximum Gasteiger partial charge on any atom is 0.303 e. The van der Waals surface area contributed by atoms with Crippen molar-refractivity contribution in [3.8, 4) is 0 Å². The normalized spacial score (nSPS) is 11.7. The number of hydrogen-bond acceptors (Lipinski definition) is 2. The van der Waals surface area contributed by atoms with Gasteiger partial charge in [0.05, 0.1) is 0 Å².